The summed E-state index contributed by atoms with van der Waals surface area (Å²) < 4.78 is 13.9. The smallest absolute Gasteiger partial charge is 0.352 e. The van der Waals surface area contributed by atoms with E-state index in [4.69, 9.17) is 0 Å². The molecule has 0 bridgehead atoms. The summed E-state index contributed by atoms with van der Waals surface area (Å²) >= 11 is 2.73. The molecule has 0 aliphatic carbocycles. The van der Waals surface area contributed by atoms with Gasteiger partial charge in [-0.25, -0.2) is 4.79 Å². The molecule has 2 aromatic rings. The monoisotopic (exact) mass is 478 g/mol. The molecular weight excluding hydrogens is 460 g/mol. The Bertz CT molecular complexity index is 1090. The second-order valence-corrected chi connectivity index (χ2v) is 11.1. The molecule has 2 N–H and O–H groups in total. The molecule has 2 aliphatic rings. The third kappa shape index (κ3) is 4.41. The van der Waals surface area contributed by atoms with Crippen LogP contribution in [0.3, 0.4) is 0 Å². The van der Waals surface area contributed by atoms with Gasteiger partial charge in [0.05, 0.1) is 22.5 Å². The van der Waals surface area contributed by atoms with E-state index in [0.29, 0.717) is 10.1 Å². The number of aromatic nitrogens is 2. The van der Waals surface area contributed by atoms with Gasteiger partial charge in [-0.2, -0.15) is 0 Å². The van der Waals surface area contributed by atoms with Crippen LogP contribution in [0.1, 0.15) is 10.6 Å². The lowest BCUT2D eigenvalue weighted by Gasteiger charge is -2.49. The number of amides is 2. The Morgan fingerprint density at radius 2 is 2.03 bits per heavy atom. The first-order valence-corrected chi connectivity index (χ1v) is 12.4. The van der Waals surface area contributed by atoms with Gasteiger partial charge in [0.1, 0.15) is 22.1 Å². The Morgan fingerprint density at radius 1 is 1.29 bits per heavy atom. The summed E-state index contributed by atoms with van der Waals surface area (Å²) in [5.41, 5.74) is 0.573. The van der Waals surface area contributed by atoms with Gasteiger partial charge in [0.2, 0.25) is 5.91 Å². The van der Waals surface area contributed by atoms with E-state index in [9.17, 15) is 23.7 Å². The number of hydrogen-bond acceptors (Lipinski definition) is 8. The molecule has 12 heteroatoms. The highest BCUT2D eigenvalue weighted by Crippen LogP contribution is 2.36. The van der Waals surface area contributed by atoms with Crippen molar-refractivity contribution in [3.8, 4) is 0 Å². The Labute approximate surface area is 188 Å². The third-order valence-corrected chi connectivity index (χ3v) is 8.97. The Kier molecular flexibility index (Phi) is 6.21. The molecule has 4 atom stereocenters. The summed E-state index contributed by atoms with van der Waals surface area (Å²) in [6.07, 6.45) is 1.43. The summed E-state index contributed by atoms with van der Waals surface area (Å²) in [5, 5.41) is 19.4. The SMILES string of the molecule is Cc1nnc(SCC2C=C(C(=O)O)N3C(=O)C(NC(=O)Cc4ccccc4)[C@@H]3S2=O)s1. The first-order valence-electron chi connectivity index (χ1n) is 9.29. The maximum atomic E-state index is 13.2. The molecule has 1 aromatic carbocycles. The van der Waals surface area contributed by atoms with Gasteiger partial charge in [0, 0.05) is 5.75 Å². The van der Waals surface area contributed by atoms with Crippen LogP contribution in [-0.2, 0) is 31.6 Å². The number of carbonyl (C=O) groups is 3. The Hall–Kier alpha value is -2.57. The lowest BCUT2D eigenvalue weighted by atomic mass is 10.0. The second-order valence-electron chi connectivity index (χ2n) is 6.93. The van der Waals surface area contributed by atoms with Crippen molar-refractivity contribution >= 4 is 51.7 Å². The molecule has 0 saturated carbocycles. The number of aliphatic carboxylic acids is 1. The number of aryl methyl sites for hydroxylation is 1. The maximum absolute atomic E-state index is 13.2. The van der Waals surface area contributed by atoms with Crippen molar-refractivity contribution in [1.82, 2.24) is 20.4 Å². The predicted octanol–water partition coefficient (Wildman–Crippen LogP) is 0.934. The highest BCUT2D eigenvalue weighted by molar-refractivity contribution is 8.01. The summed E-state index contributed by atoms with van der Waals surface area (Å²) in [6, 6.07) is 8.01. The number of nitrogens with one attached hydrogen (secondary N) is 1. The molecule has 0 radical (unpaired) electrons. The maximum Gasteiger partial charge on any atom is 0.352 e. The summed E-state index contributed by atoms with van der Waals surface area (Å²) in [5.74, 6) is -1.91. The van der Waals surface area contributed by atoms with E-state index >= 15 is 0 Å². The van der Waals surface area contributed by atoms with Gasteiger partial charge in [-0.15, -0.1) is 10.2 Å². The van der Waals surface area contributed by atoms with Crippen LogP contribution in [0.25, 0.3) is 0 Å². The average Bonchev–Trinajstić information content (AvgIpc) is 3.16. The van der Waals surface area contributed by atoms with Crippen LogP contribution in [-0.4, -0.2) is 64.6 Å². The molecule has 1 aromatic heterocycles. The molecule has 3 heterocycles. The minimum absolute atomic E-state index is 0.0707. The Balaban J connectivity index is 1.49. The molecule has 4 rings (SSSR count). The molecule has 1 saturated heterocycles. The van der Waals surface area contributed by atoms with Gasteiger partial charge in [-0.1, -0.05) is 53.4 Å². The van der Waals surface area contributed by atoms with E-state index in [-0.39, 0.29) is 18.0 Å². The summed E-state index contributed by atoms with van der Waals surface area (Å²) in [7, 11) is -1.60. The van der Waals surface area contributed by atoms with Crippen molar-refractivity contribution in [2.45, 2.75) is 34.3 Å². The standard InChI is InChI=1S/C19H18N4O5S3/c1-10-21-22-19(30-10)29-9-12-8-13(18(26)27)23-16(25)15(17(23)31(12)28)20-14(24)7-11-5-3-2-4-6-11/h2-6,8,12,15,17H,7,9H2,1H3,(H,20,24)(H,26,27)/t12?,15?,17-,31?/m0/s1. The molecule has 162 valence electrons. The number of carboxylic acids is 1. The average molecular weight is 479 g/mol. The van der Waals surface area contributed by atoms with Gasteiger partial charge in [0.15, 0.2) is 4.34 Å². The molecule has 2 amide bonds. The van der Waals surface area contributed by atoms with Crippen molar-refractivity contribution in [2.75, 3.05) is 5.75 Å². The van der Waals surface area contributed by atoms with Crippen molar-refractivity contribution in [1.29, 1.82) is 0 Å². The number of rotatable bonds is 7. The van der Waals surface area contributed by atoms with Crippen molar-refractivity contribution in [3.05, 3.63) is 52.7 Å². The molecule has 31 heavy (non-hydrogen) atoms. The third-order valence-electron chi connectivity index (χ3n) is 4.80. The molecule has 0 spiro atoms. The fourth-order valence-electron chi connectivity index (χ4n) is 3.38. The molecule has 9 nitrogen and oxygen atoms in total. The topological polar surface area (TPSA) is 130 Å². The number of carboxylic acid groups (broad SMARTS) is 1. The van der Waals surface area contributed by atoms with Crippen LogP contribution >= 0.6 is 23.1 Å². The van der Waals surface area contributed by atoms with E-state index in [0.717, 1.165) is 15.5 Å². The number of hydrogen-bond donors (Lipinski definition) is 2. The van der Waals surface area contributed by atoms with Crippen molar-refractivity contribution < 1.29 is 23.7 Å². The largest absolute Gasteiger partial charge is 0.477 e. The van der Waals surface area contributed by atoms with E-state index in [1.807, 2.05) is 13.0 Å². The van der Waals surface area contributed by atoms with Crippen LogP contribution in [0.2, 0.25) is 0 Å². The normalized spacial score (nSPS) is 24.7. The molecular formula is C19H18N4O5S3. The zero-order chi connectivity index (χ0) is 22.1. The van der Waals surface area contributed by atoms with Gasteiger partial charge >= 0.3 is 5.97 Å². The predicted molar refractivity (Wildman–Crippen MR) is 116 cm³/mol. The molecule has 2 aliphatic heterocycles. The number of carbonyl (C=O) groups excluding carboxylic acids is 2. The number of β-lactam (4-membered cyclic amide) rings is 1. The van der Waals surface area contributed by atoms with Gasteiger partial charge in [-0.3, -0.25) is 18.7 Å². The highest BCUT2D eigenvalue weighted by atomic mass is 32.2. The van der Waals surface area contributed by atoms with E-state index in [1.165, 1.54) is 29.2 Å². The number of fused-ring (bicyclic) bond motifs is 1. The van der Waals surface area contributed by atoms with E-state index in [1.54, 1.807) is 24.3 Å². The fraction of sp³-hybridized carbons (Fsp3) is 0.316. The minimum Gasteiger partial charge on any atom is -0.477 e. The zero-order valence-corrected chi connectivity index (χ0v) is 18.7. The number of thioether (sulfide) groups is 1. The van der Waals surface area contributed by atoms with Crippen LogP contribution in [0.4, 0.5) is 0 Å². The van der Waals surface area contributed by atoms with Gasteiger partial charge < -0.3 is 10.4 Å². The van der Waals surface area contributed by atoms with Crippen LogP contribution in [0.5, 0.6) is 0 Å². The summed E-state index contributed by atoms with van der Waals surface area (Å²) in [4.78, 5) is 37.7. The van der Waals surface area contributed by atoms with Crippen molar-refractivity contribution in [3.63, 3.8) is 0 Å². The first-order chi connectivity index (χ1) is 14.8. The van der Waals surface area contributed by atoms with E-state index < -0.39 is 39.3 Å². The summed E-state index contributed by atoms with van der Waals surface area (Å²) in [6.45, 7) is 1.82. The minimum atomic E-state index is -1.60. The second kappa shape index (κ2) is 8.89. The van der Waals surface area contributed by atoms with Crippen molar-refractivity contribution in [2.24, 2.45) is 0 Å². The lowest BCUT2D eigenvalue weighted by molar-refractivity contribution is -0.150. The van der Waals surface area contributed by atoms with Crippen LogP contribution in [0.15, 0.2) is 46.4 Å². The van der Waals surface area contributed by atoms with Crippen LogP contribution < -0.4 is 5.32 Å². The highest BCUT2D eigenvalue weighted by Gasteiger charge is 2.57. The number of benzene rings is 1. The van der Waals surface area contributed by atoms with Crippen LogP contribution in [0, 0.1) is 6.92 Å². The number of nitrogens with zero attached hydrogens (tertiary/aromatic N) is 3. The quantitative estimate of drug-likeness (QED) is 0.444. The molecule has 3 unspecified atom stereocenters. The first kappa shape index (κ1) is 21.7. The Morgan fingerprint density at radius 3 is 2.68 bits per heavy atom. The van der Waals surface area contributed by atoms with Gasteiger partial charge in [0.25, 0.3) is 5.91 Å². The fourth-order valence-corrected chi connectivity index (χ4v) is 7.34. The zero-order valence-electron chi connectivity index (χ0n) is 16.3. The van der Waals surface area contributed by atoms with E-state index in [2.05, 4.69) is 15.5 Å². The van der Waals surface area contributed by atoms with Gasteiger partial charge in [-0.05, 0) is 18.6 Å². The lowest BCUT2D eigenvalue weighted by Crippen LogP contribution is -2.74. The molecule has 1 fully saturated rings.